The van der Waals surface area contributed by atoms with Crippen LogP contribution in [0, 0.1) is 11.8 Å². The Kier molecular flexibility index (Phi) is 4.58. The Morgan fingerprint density at radius 1 is 1.53 bits per heavy atom. The minimum atomic E-state index is -0.630. The van der Waals surface area contributed by atoms with Gasteiger partial charge in [0.1, 0.15) is 0 Å². The van der Waals surface area contributed by atoms with Gasteiger partial charge in [0, 0.05) is 24.8 Å². The van der Waals surface area contributed by atoms with Crippen LogP contribution in [0.3, 0.4) is 0 Å². The SMILES string of the molecule is CC(NCC1CCC(C(=O)O)CC1)c1cnn(C)c1. The molecule has 1 aromatic heterocycles. The Labute approximate surface area is 114 Å². The fraction of sp³-hybridized carbons (Fsp3) is 0.714. The summed E-state index contributed by atoms with van der Waals surface area (Å²) in [7, 11) is 1.92. The molecule has 1 aliphatic rings. The highest BCUT2D eigenvalue weighted by Crippen LogP contribution is 2.28. The van der Waals surface area contributed by atoms with Crippen LogP contribution in [0.5, 0.6) is 0 Å². The molecule has 1 aromatic rings. The van der Waals surface area contributed by atoms with Crippen molar-refractivity contribution in [2.45, 2.75) is 38.6 Å². The zero-order chi connectivity index (χ0) is 13.8. The molecule has 106 valence electrons. The number of hydrogen-bond donors (Lipinski definition) is 2. The second-order valence-electron chi connectivity index (χ2n) is 5.63. The van der Waals surface area contributed by atoms with Crippen molar-refractivity contribution in [2.24, 2.45) is 18.9 Å². The molecular weight excluding hydrogens is 242 g/mol. The van der Waals surface area contributed by atoms with Crippen molar-refractivity contribution in [2.75, 3.05) is 6.54 Å². The Bertz CT molecular complexity index is 422. The van der Waals surface area contributed by atoms with Crippen LogP contribution in [0.15, 0.2) is 12.4 Å². The van der Waals surface area contributed by atoms with Crippen molar-refractivity contribution in [1.82, 2.24) is 15.1 Å². The lowest BCUT2D eigenvalue weighted by molar-refractivity contribution is -0.143. The molecule has 19 heavy (non-hydrogen) atoms. The smallest absolute Gasteiger partial charge is 0.306 e. The lowest BCUT2D eigenvalue weighted by Gasteiger charge is -2.27. The number of aliphatic carboxylic acids is 1. The van der Waals surface area contributed by atoms with Crippen LogP contribution in [0.4, 0.5) is 0 Å². The van der Waals surface area contributed by atoms with Gasteiger partial charge in [0.05, 0.1) is 12.1 Å². The van der Waals surface area contributed by atoms with Gasteiger partial charge in [0.2, 0.25) is 0 Å². The Hall–Kier alpha value is -1.36. The van der Waals surface area contributed by atoms with E-state index < -0.39 is 5.97 Å². The predicted molar refractivity (Wildman–Crippen MR) is 72.7 cm³/mol. The summed E-state index contributed by atoms with van der Waals surface area (Å²) >= 11 is 0. The second kappa shape index (κ2) is 6.19. The summed E-state index contributed by atoms with van der Waals surface area (Å²) in [6.07, 6.45) is 7.59. The minimum Gasteiger partial charge on any atom is -0.481 e. The van der Waals surface area contributed by atoms with Crippen molar-refractivity contribution >= 4 is 5.97 Å². The standard InChI is InChI=1S/C14H23N3O2/c1-10(13-8-16-17(2)9-13)15-7-11-3-5-12(6-4-11)14(18)19/h8-12,15H,3-7H2,1-2H3,(H,18,19). The molecule has 0 aromatic carbocycles. The van der Waals surface area contributed by atoms with E-state index in [0.29, 0.717) is 12.0 Å². The van der Waals surface area contributed by atoms with E-state index in [4.69, 9.17) is 5.11 Å². The maximum Gasteiger partial charge on any atom is 0.306 e. The number of rotatable bonds is 5. The third kappa shape index (κ3) is 3.80. The third-order valence-corrected chi connectivity index (χ3v) is 4.13. The number of nitrogens with one attached hydrogen (secondary N) is 1. The number of hydrogen-bond acceptors (Lipinski definition) is 3. The van der Waals surface area contributed by atoms with Crippen molar-refractivity contribution in [3.63, 3.8) is 0 Å². The number of aryl methyl sites for hydroxylation is 1. The Morgan fingerprint density at radius 3 is 2.74 bits per heavy atom. The molecule has 0 radical (unpaired) electrons. The molecule has 5 heteroatoms. The van der Waals surface area contributed by atoms with Crippen LogP contribution in [0.2, 0.25) is 0 Å². The van der Waals surface area contributed by atoms with Gasteiger partial charge < -0.3 is 10.4 Å². The van der Waals surface area contributed by atoms with Crippen LogP contribution in [0.25, 0.3) is 0 Å². The number of aromatic nitrogens is 2. The van der Waals surface area contributed by atoms with Crippen LogP contribution in [0.1, 0.15) is 44.2 Å². The molecule has 2 N–H and O–H groups in total. The van der Waals surface area contributed by atoms with E-state index in [-0.39, 0.29) is 5.92 Å². The molecular formula is C14H23N3O2. The molecule has 1 aliphatic carbocycles. The number of carbonyl (C=O) groups is 1. The highest BCUT2D eigenvalue weighted by atomic mass is 16.4. The molecule has 0 bridgehead atoms. The number of carboxylic acid groups (broad SMARTS) is 1. The highest BCUT2D eigenvalue weighted by molar-refractivity contribution is 5.69. The maximum atomic E-state index is 10.9. The van der Waals surface area contributed by atoms with Crippen LogP contribution < -0.4 is 5.32 Å². The largest absolute Gasteiger partial charge is 0.481 e. The lowest BCUT2D eigenvalue weighted by Crippen LogP contribution is -2.30. The van der Waals surface area contributed by atoms with Crippen molar-refractivity contribution in [1.29, 1.82) is 0 Å². The van der Waals surface area contributed by atoms with Crippen LogP contribution in [-0.4, -0.2) is 27.4 Å². The first kappa shape index (κ1) is 14.1. The van der Waals surface area contributed by atoms with E-state index in [1.54, 1.807) is 0 Å². The Morgan fingerprint density at radius 2 is 2.21 bits per heavy atom. The lowest BCUT2D eigenvalue weighted by atomic mass is 9.82. The molecule has 1 atom stereocenters. The summed E-state index contributed by atoms with van der Waals surface area (Å²) in [4.78, 5) is 10.9. The maximum absolute atomic E-state index is 10.9. The first-order valence-corrected chi connectivity index (χ1v) is 7.01. The molecule has 0 aliphatic heterocycles. The first-order chi connectivity index (χ1) is 9.06. The van der Waals surface area contributed by atoms with Crippen LogP contribution >= 0.6 is 0 Å². The summed E-state index contributed by atoms with van der Waals surface area (Å²) < 4.78 is 1.81. The fourth-order valence-electron chi connectivity index (χ4n) is 2.74. The fourth-order valence-corrected chi connectivity index (χ4v) is 2.74. The van der Waals surface area contributed by atoms with Gasteiger partial charge in [-0.1, -0.05) is 0 Å². The molecule has 0 amide bonds. The summed E-state index contributed by atoms with van der Waals surface area (Å²) in [6, 6.07) is 0.297. The van der Waals surface area contributed by atoms with E-state index in [9.17, 15) is 4.79 Å². The molecule has 5 nitrogen and oxygen atoms in total. The van der Waals surface area contributed by atoms with E-state index >= 15 is 0 Å². The predicted octanol–water partition coefficient (Wildman–Crippen LogP) is 1.96. The van der Waals surface area contributed by atoms with Gasteiger partial charge in [-0.05, 0) is 45.1 Å². The normalized spacial score (nSPS) is 25.2. The highest BCUT2D eigenvalue weighted by Gasteiger charge is 2.25. The van der Waals surface area contributed by atoms with Crippen molar-refractivity contribution < 1.29 is 9.90 Å². The monoisotopic (exact) mass is 265 g/mol. The number of nitrogens with zero attached hydrogens (tertiary/aromatic N) is 2. The van der Waals surface area contributed by atoms with E-state index in [0.717, 1.165) is 32.2 Å². The summed E-state index contributed by atoms with van der Waals surface area (Å²) in [5, 5.41) is 16.7. The summed E-state index contributed by atoms with van der Waals surface area (Å²) in [5.41, 5.74) is 1.20. The zero-order valence-electron chi connectivity index (χ0n) is 11.7. The van der Waals surface area contributed by atoms with E-state index in [2.05, 4.69) is 17.3 Å². The quantitative estimate of drug-likeness (QED) is 0.854. The molecule has 0 spiro atoms. The first-order valence-electron chi connectivity index (χ1n) is 7.01. The summed E-state index contributed by atoms with van der Waals surface area (Å²) in [6.45, 7) is 3.10. The van der Waals surface area contributed by atoms with Crippen molar-refractivity contribution in [3.05, 3.63) is 18.0 Å². The average Bonchev–Trinajstić information content (AvgIpc) is 2.83. The molecule has 2 rings (SSSR count). The van der Waals surface area contributed by atoms with Gasteiger partial charge >= 0.3 is 5.97 Å². The van der Waals surface area contributed by atoms with Gasteiger partial charge in [0.15, 0.2) is 0 Å². The molecule has 1 heterocycles. The van der Waals surface area contributed by atoms with Crippen LogP contribution in [-0.2, 0) is 11.8 Å². The van der Waals surface area contributed by atoms with Gasteiger partial charge in [-0.15, -0.1) is 0 Å². The second-order valence-corrected chi connectivity index (χ2v) is 5.63. The van der Waals surface area contributed by atoms with Gasteiger partial charge in [0.25, 0.3) is 0 Å². The van der Waals surface area contributed by atoms with E-state index in [1.807, 2.05) is 24.1 Å². The van der Waals surface area contributed by atoms with Gasteiger partial charge in [-0.2, -0.15) is 5.10 Å². The minimum absolute atomic E-state index is 0.119. The number of carboxylic acids is 1. The Balaban J connectivity index is 1.73. The molecule has 1 saturated carbocycles. The molecule has 1 fully saturated rings. The average molecular weight is 265 g/mol. The summed E-state index contributed by atoms with van der Waals surface area (Å²) in [5.74, 6) is -0.142. The van der Waals surface area contributed by atoms with Gasteiger partial charge in [-0.3, -0.25) is 9.48 Å². The van der Waals surface area contributed by atoms with Crippen molar-refractivity contribution in [3.8, 4) is 0 Å². The zero-order valence-corrected chi connectivity index (χ0v) is 11.7. The van der Waals surface area contributed by atoms with E-state index in [1.165, 1.54) is 5.56 Å². The third-order valence-electron chi connectivity index (χ3n) is 4.13. The topological polar surface area (TPSA) is 67.2 Å². The van der Waals surface area contributed by atoms with Gasteiger partial charge in [-0.25, -0.2) is 0 Å². The molecule has 1 unspecified atom stereocenters. The molecule has 0 saturated heterocycles.